The fourth-order valence-electron chi connectivity index (χ4n) is 1.29. The van der Waals surface area contributed by atoms with Crippen molar-refractivity contribution in [3.8, 4) is 0 Å². The number of rotatable bonds is 5. The van der Waals surface area contributed by atoms with E-state index in [0.717, 1.165) is 5.56 Å². The van der Waals surface area contributed by atoms with Crippen molar-refractivity contribution in [2.75, 3.05) is 0 Å². The van der Waals surface area contributed by atoms with E-state index in [1.165, 1.54) is 0 Å². The summed E-state index contributed by atoms with van der Waals surface area (Å²) in [4.78, 5) is 10.3. The molecule has 0 aliphatic heterocycles. The van der Waals surface area contributed by atoms with Crippen LogP contribution in [-0.4, -0.2) is 22.0 Å². The van der Waals surface area contributed by atoms with Gasteiger partial charge in [-0.15, -0.1) is 0 Å². The summed E-state index contributed by atoms with van der Waals surface area (Å²) < 4.78 is 0. The second-order valence-electron chi connectivity index (χ2n) is 3.16. The van der Waals surface area contributed by atoms with Crippen molar-refractivity contribution in [1.82, 2.24) is 0 Å². The first-order valence-corrected chi connectivity index (χ1v) is 4.72. The molecule has 0 amide bonds. The zero-order chi connectivity index (χ0) is 11.1. The van der Waals surface area contributed by atoms with E-state index in [2.05, 4.69) is 5.16 Å². The summed E-state index contributed by atoms with van der Waals surface area (Å²) in [6, 6.07) is 9.22. The number of oxime groups is 1. The van der Waals surface area contributed by atoms with Gasteiger partial charge in [-0.1, -0.05) is 35.5 Å². The molecule has 15 heavy (non-hydrogen) atoms. The van der Waals surface area contributed by atoms with Crippen molar-refractivity contribution in [3.05, 3.63) is 35.9 Å². The summed E-state index contributed by atoms with van der Waals surface area (Å²) in [5.74, 6) is -0.833. The lowest BCUT2D eigenvalue weighted by Crippen LogP contribution is -2.03. The Labute approximate surface area is 87.9 Å². The highest BCUT2D eigenvalue weighted by atomic mass is 16.4. The maximum Gasteiger partial charge on any atom is 0.303 e. The molecule has 0 unspecified atom stereocenters. The highest BCUT2D eigenvalue weighted by Gasteiger charge is 2.05. The van der Waals surface area contributed by atoms with Crippen LogP contribution >= 0.6 is 0 Å². The third-order valence-electron chi connectivity index (χ3n) is 2.03. The van der Waals surface area contributed by atoms with E-state index in [1.807, 2.05) is 30.3 Å². The lowest BCUT2D eigenvalue weighted by atomic mass is 10.0. The van der Waals surface area contributed by atoms with Gasteiger partial charge < -0.3 is 10.3 Å². The second-order valence-corrected chi connectivity index (χ2v) is 3.16. The van der Waals surface area contributed by atoms with Crippen LogP contribution < -0.4 is 0 Å². The Bertz CT molecular complexity index is 346. The molecule has 0 heterocycles. The Morgan fingerprint density at radius 2 is 1.87 bits per heavy atom. The summed E-state index contributed by atoms with van der Waals surface area (Å²) in [5.41, 5.74) is 1.35. The molecule has 2 N–H and O–H groups in total. The number of carbonyl (C=O) groups is 1. The van der Waals surface area contributed by atoms with Crippen molar-refractivity contribution < 1.29 is 15.1 Å². The Balaban J connectivity index is 2.55. The van der Waals surface area contributed by atoms with Gasteiger partial charge in [-0.2, -0.15) is 0 Å². The van der Waals surface area contributed by atoms with E-state index in [-0.39, 0.29) is 6.42 Å². The van der Waals surface area contributed by atoms with E-state index in [1.54, 1.807) is 0 Å². The third-order valence-corrected chi connectivity index (χ3v) is 2.03. The number of hydrogen-bond donors (Lipinski definition) is 2. The first-order chi connectivity index (χ1) is 7.24. The molecule has 0 spiro atoms. The molecule has 4 nitrogen and oxygen atoms in total. The van der Waals surface area contributed by atoms with Crippen LogP contribution in [0.2, 0.25) is 0 Å². The Morgan fingerprint density at radius 3 is 2.40 bits per heavy atom. The van der Waals surface area contributed by atoms with Crippen LogP contribution in [0.5, 0.6) is 0 Å². The maximum atomic E-state index is 10.3. The topological polar surface area (TPSA) is 69.9 Å². The predicted molar refractivity (Wildman–Crippen MR) is 56.3 cm³/mol. The smallest absolute Gasteiger partial charge is 0.303 e. The average molecular weight is 207 g/mol. The molecule has 0 radical (unpaired) electrons. The minimum atomic E-state index is -0.833. The fourth-order valence-corrected chi connectivity index (χ4v) is 1.29. The van der Waals surface area contributed by atoms with Gasteiger partial charge in [-0.25, -0.2) is 0 Å². The third kappa shape index (κ3) is 3.81. The molecule has 1 aromatic rings. The van der Waals surface area contributed by atoms with Crippen molar-refractivity contribution in [2.24, 2.45) is 5.16 Å². The van der Waals surface area contributed by atoms with E-state index in [9.17, 15) is 4.79 Å². The van der Waals surface area contributed by atoms with Crippen LogP contribution in [0.25, 0.3) is 0 Å². The molecule has 0 saturated heterocycles. The average Bonchev–Trinajstić information content (AvgIpc) is 2.25. The molecule has 4 heteroatoms. The Morgan fingerprint density at radius 1 is 1.20 bits per heavy atom. The molecule has 0 aromatic heterocycles. The lowest BCUT2D eigenvalue weighted by molar-refractivity contribution is -0.137. The highest BCUT2D eigenvalue weighted by molar-refractivity contribution is 6.00. The number of hydrogen-bond acceptors (Lipinski definition) is 3. The molecular weight excluding hydrogens is 194 g/mol. The molecule has 0 atom stereocenters. The quantitative estimate of drug-likeness (QED) is 0.441. The van der Waals surface area contributed by atoms with Crippen LogP contribution in [-0.2, 0) is 4.79 Å². The van der Waals surface area contributed by atoms with Gasteiger partial charge in [0, 0.05) is 6.42 Å². The molecular formula is C11H13NO3. The SMILES string of the molecule is O=C(O)CCC/C(=N\O)c1ccccc1. The van der Waals surface area contributed by atoms with Crippen molar-refractivity contribution >= 4 is 11.7 Å². The van der Waals surface area contributed by atoms with Gasteiger partial charge in [0.25, 0.3) is 0 Å². The van der Waals surface area contributed by atoms with Gasteiger partial charge in [0.2, 0.25) is 0 Å². The molecule has 0 fully saturated rings. The molecule has 0 aliphatic rings. The Kier molecular flexibility index (Phi) is 4.34. The number of carboxylic acids is 1. The van der Waals surface area contributed by atoms with Gasteiger partial charge >= 0.3 is 5.97 Å². The lowest BCUT2D eigenvalue weighted by Gasteiger charge is -2.02. The van der Waals surface area contributed by atoms with Crippen LogP contribution in [0.1, 0.15) is 24.8 Å². The Hall–Kier alpha value is -1.84. The van der Waals surface area contributed by atoms with Crippen LogP contribution in [0, 0.1) is 0 Å². The van der Waals surface area contributed by atoms with Crippen LogP contribution in [0.4, 0.5) is 0 Å². The monoisotopic (exact) mass is 207 g/mol. The van der Waals surface area contributed by atoms with E-state index in [4.69, 9.17) is 10.3 Å². The van der Waals surface area contributed by atoms with Crippen molar-refractivity contribution in [1.29, 1.82) is 0 Å². The van der Waals surface area contributed by atoms with Gasteiger partial charge in [0.05, 0.1) is 5.71 Å². The summed E-state index contributed by atoms with van der Waals surface area (Å²) in [6.07, 6.45) is 1.03. The number of nitrogens with zero attached hydrogens (tertiary/aromatic N) is 1. The summed E-state index contributed by atoms with van der Waals surface area (Å²) in [6.45, 7) is 0. The van der Waals surface area contributed by atoms with Crippen LogP contribution in [0.15, 0.2) is 35.5 Å². The normalized spacial score (nSPS) is 11.3. The van der Waals surface area contributed by atoms with Crippen molar-refractivity contribution in [2.45, 2.75) is 19.3 Å². The van der Waals surface area contributed by atoms with Gasteiger partial charge in [0.15, 0.2) is 0 Å². The molecule has 1 aromatic carbocycles. The zero-order valence-corrected chi connectivity index (χ0v) is 8.26. The summed E-state index contributed by atoms with van der Waals surface area (Å²) in [5, 5.41) is 20.4. The number of benzene rings is 1. The fraction of sp³-hybridized carbons (Fsp3) is 0.273. The second kappa shape index (κ2) is 5.80. The van der Waals surface area contributed by atoms with E-state index < -0.39 is 5.97 Å². The molecule has 0 saturated carbocycles. The zero-order valence-electron chi connectivity index (χ0n) is 8.26. The molecule has 0 aliphatic carbocycles. The van der Waals surface area contributed by atoms with Crippen LogP contribution in [0.3, 0.4) is 0 Å². The van der Waals surface area contributed by atoms with E-state index in [0.29, 0.717) is 18.6 Å². The standard InChI is InChI=1S/C11H13NO3/c13-11(14)8-4-7-10(12-15)9-5-2-1-3-6-9/h1-3,5-6,15H,4,7-8H2,(H,13,14)/b12-10+. The number of aliphatic carboxylic acids is 1. The van der Waals surface area contributed by atoms with E-state index >= 15 is 0 Å². The summed E-state index contributed by atoms with van der Waals surface area (Å²) >= 11 is 0. The first kappa shape index (κ1) is 11.2. The highest BCUT2D eigenvalue weighted by Crippen LogP contribution is 2.07. The van der Waals surface area contributed by atoms with Gasteiger partial charge in [-0.05, 0) is 18.4 Å². The predicted octanol–water partition coefficient (Wildman–Crippen LogP) is 2.12. The molecule has 1 rings (SSSR count). The minimum Gasteiger partial charge on any atom is -0.481 e. The van der Waals surface area contributed by atoms with Gasteiger partial charge in [0.1, 0.15) is 0 Å². The molecule has 80 valence electrons. The maximum absolute atomic E-state index is 10.3. The minimum absolute atomic E-state index is 0.0891. The van der Waals surface area contributed by atoms with Crippen molar-refractivity contribution in [3.63, 3.8) is 0 Å². The summed E-state index contributed by atoms with van der Waals surface area (Å²) in [7, 11) is 0. The largest absolute Gasteiger partial charge is 0.481 e. The first-order valence-electron chi connectivity index (χ1n) is 4.72. The molecule has 0 bridgehead atoms. The van der Waals surface area contributed by atoms with Gasteiger partial charge in [-0.3, -0.25) is 4.79 Å². The number of carboxylic acid groups (broad SMARTS) is 1.